The van der Waals surface area contributed by atoms with E-state index >= 15 is 0 Å². The highest BCUT2D eigenvalue weighted by Crippen LogP contribution is 2.18. The summed E-state index contributed by atoms with van der Waals surface area (Å²) >= 11 is 0. The van der Waals surface area contributed by atoms with E-state index in [9.17, 15) is 4.79 Å². The molecule has 0 radical (unpaired) electrons. The van der Waals surface area contributed by atoms with Crippen molar-refractivity contribution >= 4 is 11.6 Å². The quantitative estimate of drug-likeness (QED) is 0.914. The molecule has 0 aliphatic carbocycles. The van der Waals surface area contributed by atoms with Crippen molar-refractivity contribution in [1.82, 2.24) is 19.7 Å². The molecule has 22 heavy (non-hydrogen) atoms. The Balaban J connectivity index is 1.57. The van der Waals surface area contributed by atoms with Crippen molar-refractivity contribution in [3.63, 3.8) is 0 Å². The molecule has 6 heteroatoms. The first kappa shape index (κ1) is 14.7. The van der Waals surface area contributed by atoms with Gasteiger partial charge in [-0.25, -0.2) is 0 Å². The Morgan fingerprint density at radius 1 is 1.32 bits per heavy atom. The molecule has 1 fully saturated rings. The smallest absolute Gasteiger partial charge is 0.238 e. The molecule has 0 saturated carbocycles. The lowest BCUT2D eigenvalue weighted by Crippen LogP contribution is -2.46. The number of nitrogens with zero attached hydrogens (tertiary/aromatic N) is 4. The highest BCUT2D eigenvalue weighted by molar-refractivity contribution is 5.92. The van der Waals surface area contributed by atoms with Crippen LogP contribution < -0.4 is 5.32 Å². The molecule has 1 aliphatic rings. The maximum Gasteiger partial charge on any atom is 0.238 e. The van der Waals surface area contributed by atoms with Crippen molar-refractivity contribution in [1.29, 1.82) is 0 Å². The van der Waals surface area contributed by atoms with Gasteiger partial charge in [-0.2, -0.15) is 5.10 Å². The zero-order valence-corrected chi connectivity index (χ0v) is 12.6. The molecule has 1 N–H and O–H groups in total. The van der Waals surface area contributed by atoms with Crippen LogP contribution in [0.5, 0.6) is 0 Å². The van der Waals surface area contributed by atoms with Crippen LogP contribution in [0.2, 0.25) is 0 Å². The number of likely N-dealkylation sites (tertiary alicyclic amines) is 1. The molecule has 3 rings (SSSR count). The summed E-state index contributed by atoms with van der Waals surface area (Å²) in [6.07, 6.45) is 10.6. The molecule has 3 heterocycles. The predicted octanol–water partition coefficient (Wildman–Crippen LogP) is 1.77. The molecular weight excluding hydrogens is 278 g/mol. The number of hydrogen-bond donors (Lipinski definition) is 1. The average Bonchev–Trinajstić information content (AvgIpc) is 3.03. The number of piperidine rings is 1. The normalized spacial score (nSPS) is 19.0. The van der Waals surface area contributed by atoms with Crippen molar-refractivity contribution in [2.45, 2.75) is 31.8 Å². The second-order valence-corrected chi connectivity index (χ2v) is 5.64. The molecule has 0 bridgehead atoms. The SMILES string of the molecule is O=C(CN1CCCC[C@H]1Cn1cccn1)Nc1cccnc1. The number of nitrogens with one attached hydrogen (secondary N) is 1. The van der Waals surface area contributed by atoms with Crippen LogP contribution in [0.3, 0.4) is 0 Å². The van der Waals surface area contributed by atoms with E-state index in [0.717, 1.165) is 31.6 Å². The third-order valence-corrected chi connectivity index (χ3v) is 4.00. The summed E-state index contributed by atoms with van der Waals surface area (Å²) in [6, 6.07) is 5.97. The molecule has 1 aliphatic heterocycles. The molecule has 1 saturated heterocycles. The van der Waals surface area contributed by atoms with Gasteiger partial charge in [-0.15, -0.1) is 0 Å². The van der Waals surface area contributed by atoms with Gasteiger partial charge < -0.3 is 5.32 Å². The first-order chi connectivity index (χ1) is 10.8. The second kappa shape index (κ2) is 7.17. The van der Waals surface area contributed by atoms with E-state index < -0.39 is 0 Å². The van der Waals surface area contributed by atoms with E-state index in [4.69, 9.17) is 0 Å². The first-order valence-corrected chi connectivity index (χ1v) is 7.72. The molecule has 116 valence electrons. The van der Waals surface area contributed by atoms with Gasteiger partial charge in [0.05, 0.1) is 25.0 Å². The summed E-state index contributed by atoms with van der Waals surface area (Å²) in [5, 5.41) is 7.18. The third kappa shape index (κ3) is 3.92. The number of amides is 1. The van der Waals surface area contributed by atoms with Crippen LogP contribution in [-0.4, -0.2) is 44.7 Å². The van der Waals surface area contributed by atoms with E-state index in [1.807, 2.05) is 29.1 Å². The summed E-state index contributed by atoms with van der Waals surface area (Å²) in [5.41, 5.74) is 0.744. The van der Waals surface area contributed by atoms with Gasteiger partial charge in [0.25, 0.3) is 0 Å². The monoisotopic (exact) mass is 299 g/mol. The van der Waals surface area contributed by atoms with E-state index in [2.05, 4.69) is 20.3 Å². The number of anilines is 1. The van der Waals surface area contributed by atoms with Gasteiger partial charge in [-0.1, -0.05) is 6.42 Å². The molecule has 6 nitrogen and oxygen atoms in total. The number of hydrogen-bond acceptors (Lipinski definition) is 4. The lowest BCUT2D eigenvalue weighted by molar-refractivity contribution is -0.118. The summed E-state index contributed by atoms with van der Waals surface area (Å²) in [6.45, 7) is 2.22. The van der Waals surface area contributed by atoms with Crippen LogP contribution in [0, 0.1) is 0 Å². The number of carbonyl (C=O) groups excluding carboxylic acids is 1. The van der Waals surface area contributed by atoms with Crippen molar-refractivity contribution < 1.29 is 4.79 Å². The summed E-state index contributed by atoms with van der Waals surface area (Å²) in [5.74, 6) is 0.0142. The van der Waals surface area contributed by atoms with Gasteiger partial charge in [-0.3, -0.25) is 19.4 Å². The highest BCUT2D eigenvalue weighted by atomic mass is 16.2. The van der Waals surface area contributed by atoms with E-state index in [1.54, 1.807) is 18.6 Å². The fourth-order valence-corrected chi connectivity index (χ4v) is 2.92. The van der Waals surface area contributed by atoms with Crippen molar-refractivity contribution in [3.8, 4) is 0 Å². The van der Waals surface area contributed by atoms with Crippen LogP contribution in [0.4, 0.5) is 5.69 Å². The standard InChI is InChI=1S/C16H21N5O/c22-16(19-14-5-3-7-17-11-14)13-20-9-2-1-6-15(20)12-21-10-4-8-18-21/h3-5,7-8,10-11,15H,1-2,6,9,12-13H2,(H,19,22)/t15-/m0/s1. The fraction of sp³-hybridized carbons (Fsp3) is 0.438. The minimum absolute atomic E-state index is 0.0142. The van der Waals surface area contributed by atoms with Crippen LogP contribution in [0.15, 0.2) is 43.0 Å². The minimum Gasteiger partial charge on any atom is -0.324 e. The Hall–Kier alpha value is -2.21. The Kier molecular flexibility index (Phi) is 4.80. The van der Waals surface area contributed by atoms with E-state index in [-0.39, 0.29) is 5.91 Å². The summed E-state index contributed by atoms with van der Waals surface area (Å²) < 4.78 is 1.95. The Labute approximate surface area is 130 Å². The maximum atomic E-state index is 12.2. The van der Waals surface area contributed by atoms with E-state index in [0.29, 0.717) is 12.6 Å². The van der Waals surface area contributed by atoms with Gasteiger partial charge in [0.15, 0.2) is 0 Å². The van der Waals surface area contributed by atoms with Crippen LogP contribution >= 0.6 is 0 Å². The molecular formula is C16H21N5O. The van der Waals surface area contributed by atoms with Crippen molar-refractivity contribution in [3.05, 3.63) is 43.0 Å². The summed E-state index contributed by atoms with van der Waals surface area (Å²) in [7, 11) is 0. The number of rotatable bonds is 5. The van der Waals surface area contributed by atoms with Gasteiger partial charge in [0.1, 0.15) is 0 Å². The zero-order chi connectivity index (χ0) is 15.2. The molecule has 2 aromatic heterocycles. The number of carbonyl (C=O) groups is 1. The zero-order valence-electron chi connectivity index (χ0n) is 12.6. The molecule has 2 aromatic rings. The van der Waals surface area contributed by atoms with Crippen LogP contribution in [0.1, 0.15) is 19.3 Å². The van der Waals surface area contributed by atoms with Gasteiger partial charge in [0, 0.05) is 24.6 Å². The average molecular weight is 299 g/mol. The lowest BCUT2D eigenvalue weighted by atomic mass is 10.0. The molecule has 0 spiro atoms. The lowest BCUT2D eigenvalue weighted by Gasteiger charge is -2.35. The molecule has 1 amide bonds. The molecule has 1 atom stereocenters. The maximum absolute atomic E-state index is 12.2. The largest absolute Gasteiger partial charge is 0.324 e. The Morgan fingerprint density at radius 2 is 2.27 bits per heavy atom. The number of pyridine rings is 1. The van der Waals surface area contributed by atoms with Crippen molar-refractivity contribution in [2.75, 3.05) is 18.4 Å². The number of aromatic nitrogens is 3. The predicted molar refractivity (Wildman–Crippen MR) is 84.3 cm³/mol. The first-order valence-electron chi connectivity index (χ1n) is 7.72. The van der Waals surface area contributed by atoms with Crippen LogP contribution in [0.25, 0.3) is 0 Å². The fourth-order valence-electron chi connectivity index (χ4n) is 2.92. The van der Waals surface area contributed by atoms with Crippen LogP contribution in [-0.2, 0) is 11.3 Å². The van der Waals surface area contributed by atoms with Crippen molar-refractivity contribution in [2.24, 2.45) is 0 Å². The molecule has 0 unspecified atom stereocenters. The summed E-state index contributed by atoms with van der Waals surface area (Å²) in [4.78, 5) is 18.5. The van der Waals surface area contributed by atoms with Gasteiger partial charge >= 0.3 is 0 Å². The topological polar surface area (TPSA) is 63.1 Å². The molecule has 0 aromatic carbocycles. The Bertz CT molecular complexity index is 584. The van der Waals surface area contributed by atoms with Gasteiger partial charge in [0.2, 0.25) is 5.91 Å². The Morgan fingerprint density at radius 3 is 3.05 bits per heavy atom. The minimum atomic E-state index is 0.0142. The third-order valence-electron chi connectivity index (χ3n) is 4.00. The van der Waals surface area contributed by atoms with Gasteiger partial charge in [-0.05, 0) is 37.6 Å². The second-order valence-electron chi connectivity index (χ2n) is 5.64. The highest BCUT2D eigenvalue weighted by Gasteiger charge is 2.24. The van der Waals surface area contributed by atoms with E-state index in [1.165, 1.54) is 6.42 Å².